The lowest BCUT2D eigenvalue weighted by Gasteiger charge is -2.34. The van der Waals surface area contributed by atoms with Crippen molar-refractivity contribution in [3.63, 3.8) is 0 Å². The molecule has 2 N–H and O–H groups in total. The van der Waals surface area contributed by atoms with Crippen molar-refractivity contribution in [1.82, 2.24) is 51.8 Å². The highest BCUT2D eigenvalue weighted by Gasteiger charge is 2.39. The molecule has 3 aromatic heterocycles. The van der Waals surface area contributed by atoms with Crippen LogP contribution in [-0.2, 0) is 47.1 Å². The van der Waals surface area contributed by atoms with Gasteiger partial charge in [-0.2, -0.15) is 43.4 Å². The van der Waals surface area contributed by atoms with Gasteiger partial charge in [0.2, 0.25) is 45.9 Å². The molecule has 0 saturated carbocycles. The smallest absolute Gasteiger partial charge is 0.314 e. The lowest BCUT2D eigenvalue weighted by atomic mass is 10.2. The molecule has 4 aliphatic heterocycles. The fraction of sp³-hybridized carbons (Fsp3) is 0.250. The van der Waals surface area contributed by atoms with E-state index in [2.05, 4.69) is 10.3 Å². The molecule has 0 atom stereocenters. The second-order valence-electron chi connectivity index (χ2n) is 29.8. The predicted molar refractivity (Wildman–Crippen MR) is 482 cm³/mol. The van der Waals surface area contributed by atoms with E-state index >= 15 is 0 Å². The van der Waals surface area contributed by atoms with E-state index in [1.165, 1.54) is 128 Å². The van der Waals surface area contributed by atoms with Gasteiger partial charge in [-0.25, -0.2) is 38.5 Å². The minimum Gasteiger partial charge on any atom is -0.456 e. The Morgan fingerprint density at radius 1 is 0.392 bits per heavy atom. The number of thiophene rings is 1. The number of rotatable bonds is 19. The molecule has 15 rings (SSSR count). The van der Waals surface area contributed by atoms with Crippen LogP contribution in [0.4, 0.5) is 4.79 Å². The van der Waals surface area contributed by atoms with Gasteiger partial charge in [0.25, 0.3) is 17.7 Å². The number of benzene rings is 8. The van der Waals surface area contributed by atoms with Crippen LogP contribution in [0.15, 0.2) is 206 Å². The van der Waals surface area contributed by atoms with Gasteiger partial charge in [-0.3, -0.25) is 19.1 Å². The van der Waals surface area contributed by atoms with Crippen molar-refractivity contribution >= 4 is 122 Å². The van der Waals surface area contributed by atoms with E-state index in [4.69, 9.17) is 75.6 Å². The third-order valence-electron chi connectivity index (χ3n) is 20.5. The third-order valence-corrected chi connectivity index (χ3v) is 29.9. The van der Waals surface area contributed by atoms with Gasteiger partial charge in [-0.1, -0.05) is 57.6 Å². The number of hydrogen-bond acceptors (Lipinski definition) is 24. The Morgan fingerprint density at radius 3 is 0.946 bits per heavy atom. The summed E-state index contributed by atoms with van der Waals surface area (Å²) in [4.78, 5) is 55.5. The van der Waals surface area contributed by atoms with E-state index in [0.29, 0.717) is 53.7 Å². The van der Waals surface area contributed by atoms with E-state index in [0.717, 1.165) is 27.9 Å². The van der Waals surface area contributed by atoms with E-state index < -0.39 is 46.1 Å². The number of aromatic nitrogens is 3. The number of hydrogen-bond donors (Lipinski definition) is 1. The molecule has 0 aliphatic carbocycles. The highest BCUT2D eigenvalue weighted by molar-refractivity contribution is 7.90. The third kappa shape index (κ3) is 23.6. The molecule has 5 amide bonds. The van der Waals surface area contributed by atoms with Crippen LogP contribution in [0, 0.1) is 79.9 Å². The van der Waals surface area contributed by atoms with Crippen molar-refractivity contribution in [2.45, 2.75) is 54.2 Å². The number of carbonyl (C=O) groups is 4. The van der Waals surface area contributed by atoms with E-state index in [1.807, 2.05) is 63.4 Å². The van der Waals surface area contributed by atoms with Crippen molar-refractivity contribution in [2.24, 2.45) is 12.8 Å². The Labute approximate surface area is 775 Å². The standard InChI is InChI=1S/C24H24ClN5O4S.C23H20ClN3O4S2.C22H19ClN4O5S.C19H19ClN4O4S/c1-16-10-19(25)14-20(11-16)34-22-5-4-18(15-26)13-23(22)35(32,33)30-8-6-29(7-9-30)24(31)21-12-17(2)27-28(21)3;1-16-11-18(24)14-19(12-16)31-20-5-4-17(15-25)13-22(20)33(29,30)27-8-6-26(7-9-27)23(28)21-3-2-10-32-21;1-15-10-17(23)13-18(11-15)31-19-3-2-16(14-24)12-21(19)33(29,30)27-8-6-26(7-9-27)22(28)20-4-5-25-32-20;1-13-8-15(20)11-16(9-13)28-17-3-2-14(12-21)10-18(17)29(26,27)24-6-4-23(5-7-24)19(22)25/h4-5,10-14H,6-9H2,1-3H3;2-5,10-14H,6-9H2,1H3;2-5,10-13H,6-9H2,1H3;2-3,8-11H,4-7H2,1H3,(H2,22,25). The van der Waals surface area contributed by atoms with Gasteiger partial charge < -0.3 is 48.8 Å². The van der Waals surface area contributed by atoms with Crippen molar-refractivity contribution in [2.75, 3.05) is 105 Å². The summed E-state index contributed by atoms with van der Waals surface area (Å²) in [7, 11) is -14.3. The number of piperazine rings is 4. The van der Waals surface area contributed by atoms with Crippen LogP contribution in [0.3, 0.4) is 0 Å². The zero-order valence-electron chi connectivity index (χ0n) is 70.4. The van der Waals surface area contributed by atoms with E-state index in [-0.39, 0.29) is 193 Å². The van der Waals surface area contributed by atoms with Gasteiger partial charge in [0, 0.05) is 138 Å². The Morgan fingerprint density at radius 2 is 0.692 bits per heavy atom. The monoisotopic (exact) mass is 1930 g/mol. The van der Waals surface area contributed by atoms with Crippen LogP contribution < -0.4 is 24.7 Å². The average Bonchev–Trinajstić information content (AvgIpc) is 0.839. The molecule has 42 heteroatoms. The first-order chi connectivity index (χ1) is 61.8. The van der Waals surface area contributed by atoms with E-state index in [9.17, 15) is 73.9 Å². The predicted octanol–water partition coefficient (Wildman–Crippen LogP) is 14.2. The summed E-state index contributed by atoms with van der Waals surface area (Å²) < 4.78 is 143. The second-order valence-corrected chi connectivity index (χ2v) is 40.1. The molecule has 0 unspecified atom stereocenters. The van der Waals surface area contributed by atoms with Gasteiger partial charge >= 0.3 is 6.03 Å². The lowest BCUT2D eigenvalue weighted by molar-refractivity contribution is 0.0654. The molecule has 11 aromatic rings. The zero-order chi connectivity index (χ0) is 93.7. The number of ether oxygens (including phenoxy) is 4. The van der Waals surface area contributed by atoms with Crippen molar-refractivity contribution in [1.29, 1.82) is 21.0 Å². The Kier molecular flexibility index (Phi) is 31.2. The fourth-order valence-corrected chi connectivity index (χ4v) is 22.2. The van der Waals surface area contributed by atoms with Crippen LogP contribution >= 0.6 is 57.7 Å². The van der Waals surface area contributed by atoms with Gasteiger partial charge in [0.15, 0.2) is 0 Å². The summed E-state index contributed by atoms with van der Waals surface area (Å²) >= 11 is 25.8. The number of primary amides is 1. The first-order valence-corrected chi connectivity index (χ1v) is 47.8. The van der Waals surface area contributed by atoms with Crippen molar-refractivity contribution in [3.05, 3.63) is 268 Å². The topological polar surface area (TPSA) is 433 Å². The van der Waals surface area contributed by atoms with E-state index in [1.54, 1.807) is 109 Å². The summed E-state index contributed by atoms with van der Waals surface area (Å²) in [5, 5.41) is 48.6. The molecule has 674 valence electrons. The van der Waals surface area contributed by atoms with Crippen LogP contribution in [0.2, 0.25) is 20.1 Å². The quantitative estimate of drug-likeness (QED) is 0.0785. The van der Waals surface area contributed by atoms with Crippen LogP contribution in [0.25, 0.3) is 0 Å². The normalized spacial score (nSPS) is 14.7. The first-order valence-electron chi connectivity index (χ1n) is 39.7. The molecule has 4 saturated heterocycles. The van der Waals surface area contributed by atoms with Crippen LogP contribution in [0.1, 0.15) is 80.9 Å². The molecule has 130 heavy (non-hydrogen) atoms. The molecule has 0 bridgehead atoms. The molecule has 7 heterocycles. The molecular formula is C88H82Cl4N16O17S5. The van der Waals surface area contributed by atoms with Crippen molar-refractivity contribution < 1.29 is 76.3 Å². The van der Waals surface area contributed by atoms with Gasteiger partial charge in [0.1, 0.15) is 71.3 Å². The number of nitriles is 4. The number of urea groups is 1. The number of nitrogens with two attached hydrogens (primary N) is 1. The highest BCUT2D eigenvalue weighted by Crippen LogP contribution is 2.40. The summed E-state index contributed by atoms with van der Waals surface area (Å²) in [6.07, 6.45) is 1.37. The first kappa shape index (κ1) is 96.6. The fourth-order valence-electron chi connectivity index (χ4n) is 14.1. The molecule has 0 spiro atoms. The highest BCUT2D eigenvalue weighted by atomic mass is 35.5. The Balaban J connectivity index is 0.000000157. The maximum Gasteiger partial charge on any atom is 0.314 e. The Hall–Kier alpha value is -12.5. The van der Waals surface area contributed by atoms with Gasteiger partial charge in [0.05, 0.1) is 63.3 Å². The number of sulfonamides is 4. The SMILES string of the molecule is Cc1cc(Cl)cc(Oc2ccc(C#N)cc2S(=O)(=O)N2CCN(C(=O)c3cc(C)nn3C)CC2)c1.Cc1cc(Cl)cc(Oc2ccc(C#N)cc2S(=O)(=O)N2CCN(C(=O)c3cccs3)CC2)c1.Cc1cc(Cl)cc(Oc2ccc(C#N)cc2S(=O)(=O)N2CCN(C(=O)c3ccno3)CC2)c1.Cc1cc(Cl)cc(Oc2ccc(C#N)cc2S(=O)(=O)N2CCN(C(N)=O)CC2)c1. The number of carbonyl (C=O) groups excluding carboxylic acids is 4. The molecule has 0 radical (unpaired) electrons. The van der Waals surface area contributed by atoms with Gasteiger partial charge in [-0.15, -0.1) is 11.3 Å². The zero-order valence-corrected chi connectivity index (χ0v) is 77.5. The maximum absolute atomic E-state index is 13.6. The van der Waals surface area contributed by atoms with Crippen LogP contribution in [-0.4, -0.2) is 214 Å². The van der Waals surface area contributed by atoms with Gasteiger partial charge in [-0.05, 0) is 220 Å². The molecule has 8 aromatic carbocycles. The molecule has 4 fully saturated rings. The average molecular weight is 1940 g/mol. The van der Waals surface area contributed by atoms with Crippen LogP contribution in [0.5, 0.6) is 46.0 Å². The molecular weight excluding hydrogens is 1860 g/mol. The summed E-state index contributed by atoms with van der Waals surface area (Å²) in [6, 6.07) is 51.3. The minimum atomic E-state index is -4.02. The lowest BCUT2D eigenvalue weighted by Crippen LogP contribution is -2.52. The largest absolute Gasteiger partial charge is 0.456 e. The number of halogens is 4. The summed E-state index contributed by atoms with van der Waals surface area (Å²) in [6.45, 7) is 11.8. The summed E-state index contributed by atoms with van der Waals surface area (Å²) in [5.74, 6) is 1.35. The minimum absolute atomic E-state index is 0.0781. The summed E-state index contributed by atoms with van der Waals surface area (Å²) in [5.41, 5.74) is 10.6. The second kappa shape index (κ2) is 42.0. The number of aryl methyl sites for hydroxylation is 6. The molecule has 4 aliphatic rings. The van der Waals surface area contributed by atoms with Crippen molar-refractivity contribution in [3.8, 4) is 70.3 Å². The molecule has 33 nitrogen and oxygen atoms in total. The maximum atomic E-state index is 13.6. The number of nitrogens with zero attached hydrogens (tertiary/aromatic N) is 15. The number of amides is 5. The Bertz CT molecular complexity index is 6510.